The van der Waals surface area contributed by atoms with E-state index in [9.17, 15) is 0 Å². The van der Waals surface area contributed by atoms with Gasteiger partial charge in [-0.2, -0.15) is 10.5 Å². The molecule has 3 aliphatic carbocycles. The third-order valence-electron chi connectivity index (χ3n) is 13.5. The van der Waals surface area contributed by atoms with Crippen LogP contribution in [0.4, 0.5) is 0 Å². The van der Waals surface area contributed by atoms with E-state index >= 15 is 0 Å². The maximum atomic E-state index is 8.64. The van der Waals surface area contributed by atoms with E-state index in [1.165, 1.54) is 44.9 Å². The number of nitrogens with one attached hydrogen (secondary N) is 8. The number of nitrogens with two attached hydrogens (primary N) is 4. The van der Waals surface area contributed by atoms with Crippen molar-refractivity contribution >= 4 is 64.6 Å². The number of aliphatic imine (C=N–C) groups is 4. The van der Waals surface area contributed by atoms with Gasteiger partial charge in [-0.1, -0.05) is 19.3 Å². The summed E-state index contributed by atoms with van der Waals surface area (Å²) >= 11 is 0. The fraction of sp³-hybridized carbons (Fsp3) is 0.790. The molecule has 0 aromatic rings. The van der Waals surface area contributed by atoms with Crippen molar-refractivity contribution in [2.75, 3.05) is 135 Å². The molecule has 0 aromatic heterocycles. The van der Waals surface area contributed by atoms with Crippen LogP contribution in [0, 0.1) is 72.6 Å². The number of rotatable bonds is 14. The van der Waals surface area contributed by atoms with Crippen molar-refractivity contribution in [1.29, 1.82) is 48.4 Å². The van der Waals surface area contributed by atoms with Crippen molar-refractivity contribution in [3.63, 3.8) is 0 Å². The van der Waals surface area contributed by atoms with Gasteiger partial charge < -0.3 is 67.0 Å². The normalized spacial score (nSPS) is 12.6. The first-order valence-corrected chi connectivity index (χ1v) is 31.5. The van der Waals surface area contributed by atoms with Crippen LogP contribution in [0.1, 0.15) is 175 Å². The molecule has 0 unspecified atom stereocenters. The van der Waals surface area contributed by atoms with Crippen LogP contribution in [0.2, 0.25) is 0 Å². The molecular formula is C62H137N27. The quantitative estimate of drug-likeness (QED) is 0.0336. The molecule has 3 aliphatic rings. The Morgan fingerprint density at radius 3 is 0.854 bits per heavy atom. The van der Waals surface area contributed by atoms with Gasteiger partial charge in [0.15, 0.2) is 12.2 Å². The fourth-order valence-corrected chi connectivity index (χ4v) is 5.40. The Labute approximate surface area is 544 Å². The molecule has 0 amide bonds. The van der Waals surface area contributed by atoms with Gasteiger partial charge in [0.25, 0.3) is 0 Å². The number of guanidine groups is 3. The van der Waals surface area contributed by atoms with E-state index in [2.05, 4.69) is 46.1 Å². The first-order chi connectivity index (χ1) is 41.4. The molecule has 0 heterocycles. The highest BCUT2D eigenvalue weighted by Gasteiger charge is 2.28. The maximum Gasteiger partial charge on any atom is 0.209 e. The number of hydrogen-bond donors (Lipinski definition) is 12. The first-order valence-electron chi connectivity index (χ1n) is 31.5. The van der Waals surface area contributed by atoms with Crippen molar-refractivity contribution in [1.82, 2.24) is 49.4 Å². The minimum Gasteiger partial charge on any atom is -0.388 e. The average Bonchev–Trinajstić information content (AvgIpc) is 4.39. The summed E-state index contributed by atoms with van der Waals surface area (Å²) in [6.07, 6.45) is 14.7. The third kappa shape index (κ3) is 69.5. The van der Waals surface area contributed by atoms with E-state index < -0.39 is 0 Å². The van der Waals surface area contributed by atoms with Gasteiger partial charge in [-0.05, 0) is 156 Å². The smallest absolute Gasteiger partial charge is 0.209 e. The topological polar surface area (TPSA) is 409 Å². The van der Waals surface area contributed by atoms with Crippen molar-refractivity contribution < 1.29 is 0 Å². The monoisotopic (exact) mass is 1260 g/mol. The molecule has 89 heavy (non-hydrogen) atoms. The zero-order valence-corrected chi connectivity index (χ0v) is 61.4. The number of nitriles is 2. The molecule has 0 spiro atoms. The standard InChI is InChI=1S/C11H20N4.2C7H14N2.C5H10N4.4C5H12N2.C4H11N3.2C4H10N2/c1-3-15(2)11(13-9-12)14-10-7-5-4-6-8-10;2*1-3-9(2)7(8)6-4-5-6;1-3-9(2)5(7)8-4-6;4*1-4-7(3)5(2)6;1-3-7(2)4(5)6;2*1-3-6-4(2)5/h10H,3-8H2,1-2H3,(H,13,14);2*6,8H,3-5H2,1-2H3;3H2,1-2H3,(H2,7,8);4*6H,4H2,1-3H3;3H2,1-2H3,(H3,5,6);2*3H2,1-2H3,(H2,5,6). The second-order valence-corrected chi connectivity index (χ2v) is 21.0. The third-order valence-corrected chi connectivity index (χ3v) is 13.5. The summed E-state index contributed by atoms with van der Waals surface area (Å²) in [4.78, 5) is 32.4. The van der Waals surface area contributed by atoms with Crippen LogP contribution in [-0.4, -0.2) is 250 Å². The van der Waals surface area contributed by atoms with E-state index in [1.54, 1.807) is 71.6 Å². The summed E-state index contributed by atoms with van der Waals surface area (Å²) in [5.41, 5.74) is 20.7. The molecule has 520 valence electrons. The average molecular weight is 1260 g/mol. The molecule has 0 saturated heterocycles. The molecule has 3 fully saturated rings. The molecule has 0 bridgehead atoms. The van der Waals surface area contributed by atoms with Gasteiger partial charge in [0.1, 0.15) is 0 Å². The predicted molar refractivity (Wildman–Crippen MR) is 387 cm³/mol. The van der Waals surface area contributed by atoms with Crippen molar-refractivity contribution in [2.45, 2.75) is 182 Å². The van der Waals surface area contributed by atoms with Crippen LogP contribution in [0.3, 0.4) is 0 Å². The molecular weight excluding hydrogens is 1120 g/mol. The lowest BCUT2D eigenvalue weighted by atomic mass is 9.96. The molecule has 0 radical (unpaired) electrons. The predicted octanol–water partition coefficient (Wildman–Crippen LogP) is 8.42. The molecule has 0 atom stereocenters. The van der Waals surface area contributed by atoms with Gasteiger partial charge in [0.2, 0.25) is 18.1 Å². The number of nitrogens with zero attached hydrogens (tertiary/aromatic N) is 15. The largest absolute Gasteiger partial charge is 0.388 e. The van der Waals surface area contributed by atoms with Gasteiger partial charge in [0.05, 0.1) is 52.7 Å². The van der Waals surface area contributed by atoms with E-state index in [1.807, 2.05) is 145 Å². The van der Waals surface area contributed by atoms with Gasteiger partial charge in [-0.15, -0.1) is 4.99 Å². The summed E-state index contributed by atoms with van der Waals surface area (Å²) in [6, 6.07) is 0.406. The minimum atomic E-state index is 0.127. The second kappa shape index (κ2) is 65.0. The van der Waals surface area contributed by atoms with E-state index in [0.717, 1.165) is 96.5 Å². The Kier molecular flexibility index (Phi) is 71.4. The van der Waals surface area contributed by atoms with E-state index in [4.69, 9.17) is 71.3 Å². The van der Waals surface area contributed by atoms with Crippen molar-refractivity contribution in [2.24, 2.45) is 54.7 Å². The van der Waals surface area contributed by atoms with Crippen LogP contribution < -0.4 is 28.3 Å². The lowest BCUT2D eigenvalue weighted by Crippen LogP contribution is -2.37. The lowest BCUT2D eigenvalue weighted by Gasteiger charge is -2.22. The molecule has 3 saturated carbocycles. The van der Waals surface area contributed by atoms with Gasteiger partial charge in [-0.3, -0.25) is 53.2 Å². The Morgan fingerprint density at radius 2 is 0.697 bits per heavy atom. The van der Waals surface area contributed by atoms with Crippen LogP contribution in [0.5, 0.6) is 0 Å². The SMILES string of the molecule is CCN(C)C(=N)C1CC1.CCN(C)C(=N)C1CC1.CCN(C)C(=N)N.CCN(C)C(=NC1CCCCC1)NC#N.CCN(C)C(C)=N.CCN(C)C(C)=N.CCN(C)C(C)=N.CCN(C)C(C)=N.CCN(C)C(N)=NC#N.CCN=C(C)N.CCN=C(C)N. The summed E-state index contributed by atoms with van der Waals surface area (Å²) in [5.74, 6) is 7.82. The summed E-state index contributed by atoms with van der Waals surface area (Å²) in [7, 11) is 17.1. The Morgan fingerprint density at radius 1 is 0.416 bits per heavy atom. The molecule has 27 nitrogen and oxygen atoms in total. The zero-order valence-electron chi connectivity index (χ0n) is 61.4. The zero-order chi connectivity index (χ0) is 71.4. The lowest BCUT2D eigenvalue weighted by molar-refractivity contribution is 0.431. The summed E-state index contributed by atoms with van der Waals surface area (Å²) in [6.45, 7) is 42.4. The highest BCUT2D eigenvalue weighted by atomic mass is 15.3. The van der Waals surface area contributed by atoms with E-state index in [-0.39, 0.29) is 11.9 Å². The highest BCUT2D eigenvalue weighted by Crippen LogP contribution is 2.31. The van der Waals surface area contributed by atoms with Crippen molar-refractivity contribution in [3.8, 4) is 12.4 Å². The fourth-order valence-electron chi connectivity index (χ4n) is 5.40. The van der Waals surface area contributed by atoms with Gasteiger partial charge >= 0.3 is 0 Å². The van der Waals surface area contributed by atoms with E-state index in [0.29, 0.717) is 58.9 Å². The Balaban J connectivity index is -0.000000137. The van der Waals surface area contributed by atoms with Crippen LogP contribution in [0.15, 0.2) is 20.0 Å². The molecule has 0 aliphatic heterocycles. The Hall–Kier alpha value is -7.45. The van der Waals surface area contributed by atoms with Crippen LogP contribution in [-0.2, 0) is 0 Å². The van der Waals surface area contributed by atoms with Crippen LogP contribution in [0.25, 0.3) is 0 Å². The first kappa shape index (κ1) is 97.8. The van der Waals surface area contributed by atoms with Gasteiger partial charge in [-0.25, -0.2) is 4.99 Å². The molecule has 27 heteroatoms. The summed E-state index contributed by atoms with van der Waals surface area (Å²) < 4.78 is 0. The number of hydrogen-bond acceptors (Lipinski definition) is 13. The molecule has 0 aromatic carbocycles. The maximum absolute atomic E-state index is 8.64. The molecule has 16 N–H and O–H groups in total. The number of amidine groups is 8. The van der Waals surface area contributed by atoms with Crippen molar-refractivity contribution in [3.05, 3.63) is 0 Å². The minimum absolute atomic E-state index is 0.127. The Bertz CT molecular complexity index is 1870. The highest BCUT2D eigenvalue weighted by molar-refractivity contribution is 5.84. The second-order valence-electron chi connectivity index (χ2n) is 21.0. The van der Waals surface area contributed by atoms with Crippen LogP contribution >= 0.6 is 0 Å². The van der Waals surface area contributed by atoms with Gasteiger partial charge in [0, 0.05) is 147 Å². The summed E-state index contributed by atoms with van der Waals surface area (Å²) in [5, 5.41) is 69.3. The molecule has 3 rings (SSSR count).